The molecule has 2 unspecified atom stereocenters. The Morgan fingerprint density at radius 2 is 1.33 bits per heavy atom. The fraction of sp³-hybridized carbons (Fsp3) is 0.212. The van der Waals surface area contributed by atoms with Crippen molar-refractivity contribution in [2.75, 3.05) is 0 Å². The molecule has 5 nitrogen and oxygen atoms in total. The quantitative estimate of drug-likeness (QED) is 0.144. The van der Waals surface area contributed by atoms with Crippen molar-refractivity contribution in [3.05, 3.63) is 118 Å². The molecule has 0 aliphatic heterocycles. The van der Waals surface area contributed by atoms with Crippen LogP contribution in [0.4, 0.5) is 26.3 Å². The molecule has 3 aromatic carbocycles. The van der Waals surface area contributed by atoms with E-state index in [2.05, 4.69) is 21.8 Å². The maximum Gasteiger partial charge on any atom is 0.416 e. The Kier molecular flexibility index (Phi) is 8.64. The smallest absolute Gasteiger partial charge is 0.416 e. The van der Waals surface area contributed by atoms with Gasteiger partial charge in [-0.15, -0.1) is 11.3 Å². The molecule has 12 heteroatoms. The molecule has 2 atom stereocenters. The normalized spacial score (nSPS) is 14.0. The van der Waals surface area contributed by atoms with Crippen LogP contribution in [0, 0.1) is 25.7 Å². The fourth-order valence-corrected chi connectivity index (χ4v) is 5.68. The van der Waals surface area contributed by atoms with E-state index in [1.165, 1.54) is 31.2 Å². The van der Waals surface area contributed by atoms with Gasteiger partial charge in [-0.05, 0) is 62.4 Å². The Labute approximate surface area is 257 Å². The van der Waals surface area contributed by atoms with Gasteiger partial charge in [-0.3, -0.25) is 0 Å². The highest BCUT2D eigenvalue weighted by atomic mass is 32.1. The topological polar surface area (TPSA) is 79.4 Å². The van der Waals surface area contributed by atoms with Crippen molar-refractivity contribution in [3.63, 3.8) is 0 Å². The van der Waals surface area contributed by atoms with E-state index >= 15 is 0 Å². The minimum atomic E-state index is -4.53. The van der Waals surface area contributed by atoms with Gasteiger partial charge in [-0.1, -0.05) is 42.2 Å². The highest BCUT2D eigenvalue weighted by Gasteiger charge is 2.38. The predicted octanol–water partition coefficient (Wildman–Crippen LogP) is 8.48. The molecule has 5 rings (SSSR count). The number of benzene rings is 3. The summed E-state index contributed by atoms with van der Waals surface area (Å²) in [4.78, 5) is 9.08. The number of oxazole rings is 1. The molecule has 0 saturated heterocycles. The molecule has 0 amide bonds. The Balaban J connectivity index is 1.49. The van der Waals surface area contributed by atoms with Crippen LogP contribution in [0.1, 0.15) is 51.2 Å². The van der Waals surface area contributed by atoms with Crippen molar-refractivity contribution in [1.29, 1.82) is 0 Å². The zero-order valence-electron chi connectivity index (χ0n) is 23.7. The third-order valence-electron chi connectivity index (χ3n) is 6.90. The van der Waals surface area contributed by atoms with E-state index in [0.717, 1.165) is 35.6 Å². The number of rotatable bonds is 6. The highest BCUT2D eigenvalue weighted by Crippen LogP contribution is 2.41. The summed E-state index contributed by atoms with van der Waals surface area (Å²) >= 11 is 1.05. The second-order valence-electron chi connectivity index (χ2n) is 10.2. The SMILES string of the molecule is Cc1nc(-c2ccc(C(F)(F)F)cc2)oc1C(O)(C#Cc1ccccc1)CC(O)c1sc(-c2ccc(C(F)(F)F)cc2)nc1C. The molecule has 2 heterocycles. The molecule has 2 aromatic heterocycles. The molecule has 0 bridgehead atoms. The number of alkyl halides is 6. The van der Waals surface area contributed by atoms with Crippen LogP contribution < -0.4 is 0 Å². The van der Waals surface area contributed by atoms with Gasteiger partial charge in [0.15, 0.2) is 11.4 Å². The Morgan fingerprint density at radius 1 is 0.778 bits per heavy atom. The lowest BCUT2D eigenvalue weighted by Gasteiger charge is -2.23. The second-order valence-corrected chi connectivity index (χ2v) is 11.3. The summed E-state index contributed by atoms with van der Waals surface area (Å²) in [5.74, 6) is 5.50. The number of aromatic nitrogens is 2. The summed E-state index contributed by atoms with van der Waals surface area (Å²) in [6, 6.07) is 17.4. The number of aryl methyl sites for hydroxylation is 2. The molecule has 0 radical (unpaired) electrons. The van der Waals surface area contributed by atoms with Crippen LogP contribution in [-0.2, 0) is 18.0 Å². The van der Waals surface area contributed by atoms with Gasteiger partial charge >= 0.3 is 12.4 Å². The molecule has 0 saturated carbocycles. The molecule has 232 valence electrons. The van der Waals surface area contributed by atoms with E-state index in [-0.39, 0.29) is 22.9 Å². The van der Waals surface area contributed by atoms with Gasteiger partial charge in [0.25, 0.3) is 0 Å². The minimum absolute atomic E-state index is 0.0517. The third-order valence-corrected chi connectivity index (χ3v) is 8.21. The van der Waals surface area contributed by atoms with E-state index in [9.17, 15) is 36.6 Å². The summed E-state index contributed by atoms with van der Waals surface area (Å²) < 4.78 is 84.1. The Bertz CT molecular complexity index is 1850. The number of nitrogens with zero attached hydrogens (tertiary/aromatic N) is 2. The summed E-state index contributed by atoms with van der Waals surface area (Å²) in [6.07, 6.45) is -10.8. The van der Waals surface area contributed by atoms with Crippen LogP contribution in [0.25, 0.3) is 22.0 Å². The van der Waals surface area contributed by atoms with Gasteiger partial charge in [0.2, 0.25) is 5.89 Å². The molecule has 0 aliphatic rings. The maximum absolute atomic E-state index is 13.1. The minimum Gasteiger partial charge on any atom is -0.437 e. The van der Waals surface area contributed by atoms with E-state index in [0.29, 0.717) is 26.7 Å². The Hall–Kier alpha value is -4.44. The van der Waals surface area contributed by atoms with E-state index in [1.807, 2.05) is 0 Å². The summed E-state index contributed by atoms with van der Waals surface area (Å²) in [5.41, 5.74) is -1.96. The van der Waals surface area contributed by atoms with Gasteiger partial charge in [0, 0.05) is 23.1 Å². The molecular formula is C33H24F6N2O3S. The van der Waals surface area contributed by atoms with Crippen molar-refractivity contribution in [2.24, 2.45) is 0 Å². The molecular weight excluding hydrogens is 618 g/mol. The number of aliphatic hydroxyl groups is 2. The van der Waals surface area contributed by atoms with Gasteiger partial charge < -0.3 is 14.6 Å². The van der Waals surface area contributed by atoms with Crippen molar-refractivity contribution < 1.29 is 41.0 Å². The molecule has 0 aliphatic carbocycles. The first-order valence-electron chi connectivity index (χ1n) is 13.4. The average Bonchev–Trinajstić information content (AvgIpc) is 3.59. The number of thiazole rings is 1. The first-order chi connectivity index (χ1) is 21.1. The molecule has 5 aromatic rings. The van der Waals surface area contributed by atoms with Gasteiger partial charge in [0.05, 0.1) is 33.5 Å². The third kappa shape index (κ3) is 7.12. The first-order valence-corrected chi connectivity index (χ1v) is 14.2. The lowest BCUT2D eigenvalue weighted by atomic mass is 9.91. The lowest BCUT2D eigenvalue weighted by molar-refractivity contribution is -0.138. The summed E-state index contributed by atoms with van der Waals surface area (Å²) in [7, 11) is 0. The second kappa shape index (κ2) is 12.2. The van der Waals surface area contributed by atoms with Crippen LogP contribution in [0.2, 0.25) is 0 Å². The van der Waals surface area contributed by atoms with Crippen molar-refractivity contribution in [2.45, 2.75) is 44.3 Å². The molecule has 0 fully saturated rings. The van der Waals surface area contributed by atoms with E-state index in [4.69, 9.17) is 4.42 Å². The average molecular weight is 643 g/mol. The van der Waals surface area contributed by atoms with E-state index < -0.39 is 41.6 Å². The van der Waals surface area contributed by atoms with Crippen LogP contribution in [0.3, 0.4) is 0 Å². The molecule has 2 N–H and O–H groups in total. The Morgan fingerprint density at radius 3 is 1.89 bits per heavy atom. The number of aliphatic hydroxyl groups excluding tert-OH is 1. The molecule has 45 heavy (non-hydrogen) atoms. The van der Waals surface area contributed by atoms with Crippen molar-refractivity contribution >= 4 is 11.3 Å². The van der Waals surface area contributed by atoms with Crippen molar-refractivity contribution in [3.8, 4) is 33.9 Å². The van der Waals surface area contributed by atoms with Crippen LogP contribution in [-0.4, -0.2) is 20.2 Å². The van der Waals surface area contributed by atoms with Crippen molar-refractivity contribution in [1.82, 2.24) is 9.97 Å². The first kappa shape index (κ1) is 32.0. The monoisotopic (exact) mass is 642 g/mol. The zero-order chi connectivity index (χ0) is 32.6. The summed E-state index contributed by atoms with van der Waals surface area (Å²) in [5, 5.41) is 23.7. The largest absolute Gasteiger partial charge is 0.437 e. The highest BCUT2D eigenvalue weighted by molar-refractivity contribution is 7.15. The van der Waals surface area contributed by atoms with Crippen LogP contribution in [0.15, 0.2) is 83.3 Å². The standard InChI is InChI=1S/C33H24F6N2O3S/c1-19-27(45-30(41-19)23-10-14-25(15-11-23)33(37,38)39)26(42)18-31(43,17-16-21-6-4-3-5-7-21)28-20(2)40-29(44-28)22-8-12-24(13-9-22)32(34,35)36/h3-15,26,42-43H,18H2,1-2H3. The van der Waals surface area contributed by atoms with Gasteiger partial charge in [-0.25, -0.2) is 9.97 Å². The van der Waals surface area contributed by atoms with E-state index in [1.54, 1.807) is 37.3 Å². The fourth-order valence-electron chi connectivity index (χ4n) is 4.62. The van der Waals surface area contributed by atoms with Gasteiger partial charge in [-0.2, -0.15) is 26.3 Å². The number of hydrogen-bond donors (Lipinski definition) is 2. The maximum atomic E-state index is 13.1. The number of hydrogen-bond acceptors (Lipinski definition) is 6. The van der Waals surface area contributed by atoms with Crippen LogP contribution in [0.5, 0.6) is 0 Å². The zero-order valence-corrected chi connectivity index (χ0v) is 24.5. The van der Waals surface area contributed by atoms with Crippen LogP contribution >= 0.6 is 11.3 Å². The molecule has 0 spiro atoms. The van der Waals surface area contributed by atoms with Gasteiger partial charge in [0.1, 0.15) is 5.01 Å². The summed E-state index contributed by atoms with van der Waals surface area (Å²) in [6.45, 7) is 3.16. The number of halogens is 6. The predicted molar refractivity (Wildman–Crippen MR) is 156 cm³/mol. The lowest BCUT2D eigenvalue weighted by Crippen LogP contribution is -2.27.